The molecule has 0 saturated heterocycles. The van der Waals surface area contributed by atoms with E-state index in [1.54, 1.807) is 6.92 Å². The van der Waals surface area contributed by atoms with Crippen LogP contribution in [-0.2, 0) is 0 Å². The molecule has 0 aliphatic rings. The number of ether oxygens (including phenoxy) is 1. The second kappa shape index (κ2) is 14.5. The van der Waals surface area contributed by atoms with Crippen molar-refractivity contribution in [3.8, 4) is 5.75 Å². The van der Waals surface area contributed by atoms with Gasteiger partial charge in [0.05, 0.1) is 6.61 Å². The number of aromatic nitrogens is 1. The average Bonchev–Trinajstić information content (AvgIpc) is 2.00. The third kappa shape index (κ3) is 16.0. The van der Waals surface area contributed by atoms with Crippen molar-refractivity contribution in [2.45, 2.75) is 6.92 Å². The summed E-state index contributed by atoms with van der Waals surface area (Å²) in [5.74, 6) is -0.339. The average molecular weight is 483 g/mol. The van der Waals surface area contributed by atoms with Crippen molar-refractivity contribution < 1.29 is 167 Å². The Morgan fingerprint density at radius 2 is 1.88 bits per heavy atom. The van der Waals surface area contributed by atoms with Gasteiger partial charge in [-0.3, -0.25) is 0 Å². The van der Waals surface area contributed by atoms with Gasteiger partial charge in [0.1, 0.15) is 0 Å². The summed E-state index contributed by atoms with van der Waals surface area (Å²) in [5, 5.41) is 27.2. The Kier molecular flexibility index (Phi) is 20.5. The fourth-order valence-corrected chi connectivity index (χ4v) is 0.740. The van der Waals surface area contributed by atoms with Gasteiger partial charge in [-0.25, -0.2) is 4.39 Å². The fourth-order valence-electron chi connectivity index (χ4n) is 0.740. The molecule has 0 aliphatic heterocycles. The van der Waals surface area contributed by atoms with Gasteiger partial charge in [0.2, 0.25) is 12.4 Å². The molecule has 1 aromatic heterocycles. The van der Waals surface area contributed by atoms with Crippen molar-refractivity contribution in [3.05, 3.63) is 29.5 Å². The van der Waals surface area contributed by atoms with Gasteiger partial charge in [-0.05, 0) is 13.1 Å². The molecule has 0 N–H and O–H groups in total. The molecular weight excluding hydrogens is 475 g/mol. The Hall–Kier alpha value is 2.05. The molecule has 1 rings (SSSR count). The number of carbonyl (C=O) groups is 1. The second-order valence-corrected chi connectivity index (χ2v) is 2.23. The van der Waals surface area contributed by atoms with E-state index in [1.165, 1.54) is 6.20 Å². The minimum Gasteiger partial charge on any atom is -0.652 e. The van der Waals surface area contributed by atoms with Gasteiger partial charge in [0.15, 0.2) is 11.6 Å². The van der Waals surface area contributed by atoms with Gasteiger partial charge < -0.3 is 25.0 Å². The van der Waals surface area contributed by atoms with Gasteiger partial charge in [0, 0.05) is 6.07 Å². The first-order valence-corrected chi connectivity index (χ1v) is 3.85. The summed E-state index contributed by atoms with van der Waals surface area (Å²) in [4.78, 5) is 8.33. The number of carbonyl (C=O) groups excluding carboxylic acids is 1. The van der Waals surface area contributed by atoms with Crippen molar-refractivity contribution in [2.75, 3.05) is 6.61 Å². The molecule has 0 spiro atoms. The molecule has 0 unspecified atom stereocenters. The molecule has 0 fully saturated rings. The maximum atomic E-state index is 12.5. The van der Waals surface area contributed by atoms with E-state index in [0.717, 1.165) is 12.3 Å². The van der Waals surface area contributed by atoms with E-state index in [0.29, 0.717) is 11.3 Å². The van der Waals surface area contributed by atoms with Gasteiger partial charge >= 0.3 is 138 Å². The molecule has 6 nitrogen and oxygen atoms in total. The van der Waals surface area contributed by atoms with E-state index >= 15 is 0 Å². The Morgan fingerprint density at radius 3 is 2.24 bits per heavy atom. The minimum atomic E-state index is -2.33. The monoisotopic (exact) mass is 483 g/mol. The zero-order valence-electron chi connectivity index (χ0n) is 9.81. The van der Waals surface area contributed by atoms with Gasteiger partial charge in [-0.15, -0.1) is 0 Å². The van der Waals surface area contributed by atoms with E-state index < -0.39 is 12.0 Å². The molecule has 0 bridgehead atoms. The maximum absolute atomic E-state index is 12.5. The third-order valence-electron chi connectivity index (χ3n) is 1.10. The SMILES string of the molecule is CCOc1cc(F)c[n+]([O-])c1.O=C([O-])[O-].[Cs+].[Cs+]. The normalized spacial score (nSPS) is 7.65. The predicted molar refractivity (Wildman–Crippen MR) is 41.9 cm³/mol. The number of hydrogen-bond donors (Lipinski definition) is 0. The van der Waals surface area contributed by atoms with E-state index in [-0.39, 0.29) is 144 Å². The van der Waals surface area contributed by atoms with E-state index in [4.69, 9.17) is 19.7 Å². The smallest absolute Gasteiger partial charge is 0.652 e. The van der Waals surface area contributed by atoms with Crippen LogP contribution in [0.15, 0.2) is 18.5 Å². The summed E-state index contributed by atoms with van der Waals surface area (Å²) in [6, 6.07) is 1.16. The standard InChI is InChI=1S/C7H8FNO2.CH2O3.2Cs/c1-2-11-7-3-6(8)4-9(10)5-7;2-1(3)4;;/h3-5H,2H2,1H3;(H2,2,3,4);;/q;;2*+1/p-2. The van der Waals surface area contributed by atoms with Gasteiger partial charge in [-0.2, -0.15) is 4.73 Å². The molecular formula is C8H8Cs2FNO5. The van der Waals surface area contributed by atoms with Crippen LogP contribution in [0.3, 0.4) is 0 Å². The summed E-state index contributed by atoms with van der Waals surface area (Å²) < 4.78 is 17.7. The van der Waals surface area contributed by atoms with Crippen LogP contribution in [-0.4, -0.2) is 12.8 Å². The molecule has 0 radical (unpaired) electrons. The van der Waals surface area contributed by atoms with Gasteiger partial charge in [0.25, 0.3) is 0 Å². The van der Waals surface area contributed by atoms with Crippen LogP contribution in [0, 0.1) is 11.0 Å². The zero-order valence-corrected chi connectivity index (χ0v) is 22.4. The summed E-state index contributed by atoms with van der Waals surface area (Å²) in [5.41, 5.74) is 0. The number of rotatable bonds is 2. The first-order valence-electron chi connectivity index (χ1n) is 3.85. The minimum absolute atomic E-state index is 0. The van der Waals surface area contributed by atoms with Crippen molar-refractivity contribution in [3.63, 3.8) is 0 Å². The van der Waals surface area contributed by atoms with Crippen molar-refractivity contribution in [2.24, 2.45) is 0 Å². The Balaban J connectivity index is -0.000000289. The molecule has 0 aliphatic carbocycles. The van der Waals surface area contributed by atoms with Crippen LogP contribution >= 0.6 is 0 Å². The summed E-state index contributed by atoms with van der Waals surface area (Å²) >= 11 is 0. The molecule has 0 aromatic carbocycles. The molecule has 1 heterocycles. The number of hydrogen-bond acceptors (Lipinski definition) is 5. The predicted octanol–water partition coefficient (Wildman–Crippen LogP) is -7.58. The Bertz CT molecular complexity index is 315. The third-order valence-corrected chi connectivity index (χ3v) is 1.10. The quantitative estimate of drug-likeness (QED) is 0.308. The van der Waals surface area contributed by atoms with Crippen LogP contribution in [0.5, 0.6) is 5.75 Å². The molecule has 0 atom stereocenters. The van der Waals surface area contributed by atoms with Crippen LogP contribution in [0.1, 0.15) is 6.92 Å². The Labute approximate surface area is 215 Å². The molecule has 84 valence electrons. The number of halogens is 1. The maximum Gasteiger partial charge on any atom is 1.00 e. The van der Waals surface area contributed by atoms with Gasteiger partial charge in [-0.1, -0.05) is 0 Å². The van der Waals surface area contributed by atoms with E-state index in [2.05, 4.69) is 0 Å². The van der Waals surface area contributed by atoms with Crippen LogP contribution in [0.2, 0.25) is 0 Å². The molecule has 0 amide bonds. The van der Waals surface area contributed by atoms with Crippen LogP contribution in [0.25, 0.3) is 0 Å². The van der Waals surface area contributed by atoms with Crippen molar-refractivity contribution in [1.29, 1.82) is 0 Å². The molecule has 9 heteroatoms. The molecule has 17 heavy (non-hydrogen) atoms. The zero-order chi connectivity index (χ0) is 11.8. The van der Waals surface area contributed by atoms with E-state index in [9.17, 15) is 9.60 Å². The number of pyridine rings is 1. The second-order valence-electron chi connectivity index (χ2n) is 2.23. The van der Waals surface area contributed by atoms with Crippen molar-refractivity contribution >= 4 is 6.16 Å². The van der Waals surface area contributed by atoms with E-state index in [1.807, 2.05) is 0 Å². The first-order chi connectivity index (χ1) is 6.95. The Morgan fingerprint density at radius 1 is 1.41 bits per heavy atom. The largest absolute Gasteiger partial charge is 1.00 e. The fraction of sp³-hybridized carbons (Fsp3) is 0.250. The molecule has 0 saturated carbocycles. The summed E-state index contributed by atoms with van der Waals surface area (Å²) in [6.07, 6.45) is -0.324. The first kappa shape index (κ1) is 24.1. The summed E-state index contributed by atoms with van der Waals surface area (Å²) in [7, 11) is 0. The number of nitrogens with zero attached hydrogens (tertiary/aromatic N) is 1. The topological polar surface area (TPSA) is 99.4 Å². The van der Waals surface area contributed by atoms with Crippen LogP contribution < -0.4 is 157 Å². The van der Waals surface area contributed by atoms with Crippen molar-refractivity contribution in [1.82, 2.24) is 0 Å². The molecule has 1 aromatic rings. The number of carboxylic acid groups (broad SMARTS) is 2. The van der Waals surface area contributed by atoms with Crippen LogP contribution in [0.4, 0.5) is 9.18 Å². The summed E-state index contributed by atoms with van der Waals surface area (Å²) in [6.45, 7) is 2.18.